The van der Waals surface area contributed by atoms with Crippen LogP contribution in [0, 0.1) is 6.92 Å². The van der Waals surface area contributed by atoms with Gasteiger partial charge in [0.2, 0.25) is 0 Å². The summed E-state index contributed by atoms with van der Waals surface area (Å²) in [4.78, 5) is 0. The molecule has 2 rings (SSSR count). The van der Waals surface area contributed by atoms with E-state index in [1.165, 1.54) is 12.1 Å². The van der Waals surface area contributed by atoms with E-state index in [0.29, 0.717) is 11.1 Å². The summed E-state index contributed by atoms with van der Waals surface area (Å²) < 4.78 is 38.8. The fourth-order valence-electron chi connectivity index (χ4n) is 1.99. The Bertz CT molecular complexity index is 656. The first-order valence-corrected chi connectivity index (χ1v) is 6.55. The molecule has 112 valence electrons. The van der Waals surface area contributed by atoms with Gasteiger partial charge in [0.15, 0.2) is 0 Å². The second-order valence-corrected chi connectivity index (χ2v) is 5.00. The highest BCUT2D eigenvalue weighted by Gasteiger charge is 2.34. The second kappa shape index (κ2) is 5.85. The lowest BCUT2D eigenvalue weighted by Crippen LogP contribution is -2.11. The number of anilines is 1. The van der Waals surface area contributed by atoms with E-state index in [4.69, 9.17) is 11.6 Å². The zero-order chi connectivity index (χ0) is 15.6. The summed E-state index contributed by atoms with van der Waals surface area (Å²) in [5, 5.41) is 12.5. The number of phenolic OH excluding ortho intramolecular Hbond substituents is 1. The van der Waals surface area contributed by atoms with Gasteiger partial charge in [-0.15, -0.1) is 0 Å². The first-order valence-electron chi connectivity index (χ1n) is 6.17. The van der Waals surface area contributed by atoms with Crippen molar-refractivity contribution in [2.45, 2.75) is 19.6 Å². The molecule has 0 unspecified atom stereocenters. The Labute approximate surface area is 125 Å². The minimum absolute atomic E-state index is 0.0167. The normalized spacial score (nSPS) is 11.5. The SMILES string of the molecule is Cc1cccc(CNc2c(Cl)cccc2C(F)(F)F)c1O. The summed E-state index contributed by atoms with van der Waals surface area (Å²) in [6.07, 6.45) is -4.50. The highest BCUT2D eigenvalue weighted by molar-refractivity contribution is 6.33. The molecule has 0 amide bonds. The van der Waals surface area contributed by atoms with E-state index in [0.717, 1.165) is 6.07 Å². The molecule has 6 heteroatoms. The number of rotatable bonds is 3. The van der Waals surface area contributed by atoms with Crippen molar-refractivity contribution >= 4 is 17.3 Å². The maximum atomic E-state index is 12.9. The fraction of sp³-hybridized carbons (Fsp3) is 0.200. The van der Waals surface area contributed by atoms with Gasteiger partial charge in [-0.05, 0) is 24.6 Å². The zero-order valence-corrected chi connectivity index (χ0v) is 11.9. The van der Waals surface area contributed by atoms with Crippen LogP contribution in [0.3, 0.4) is 0 Å². The number of benzene rings is 2. The maximum absolute atomic E-state index is 12.9. The molecule has 0 saturated heterocycles. The van der Waals surface area contributed by atoms with Gasteiger partial charge in [0.25, 0.3) is 0 Å². The molecule has 0 radical (unpaired) electrons. The van der Waals surface area contributed by atoms with Gasteiger partial charge < -0.3 is 10.4 Å². The van der Waals surface area contributed by atoms with E-state index in [-0.39, 0.29) is 23.0 Å². The standard InChI is InChI=1S/C15H13ClF3NO/c1-9-4-2-5-10(14(9)21)8-20-13-11(15(17,18)19)6-3-7-12(13)16/h2-7,20-21H,8H2,1H3. The first-order chi connectivity index (χ1) is 9.80. The van der Waals surface area contributed by atoms with Crippen LogP contribution in [0.4, 0.5) is 18.9 Å². The van der Waals surface area contributed by atoms with Crippen molar-refractivity contribution in [2.75, 3.05) is 5.32 Å². The minimum atomic E-state index is -4.50. The smallest absolute Gasteiger partial charge is 0.418 e. The van der Waals surface area contributed by atoms with Crippen LogP contribution >= 0.6 is 11.6 Å². The molecule has 0 spiro atoms. The Hall–Kier alpha value is -1.88. The van der Waals surface area contributed by atoms with E-state index < -0.39 is 11.7 Å². The highest BCUT2D eigenvalue weighted by Crippen LogP contribution is 2.38. The van der Waals surface area contributed by atoms with Crippen LogP contribution in [-0.2, 0) is 12.7 Å². The maximum Gasteiger partial charge on any atom is 0.418 e. The van der Waals surface area contributed by atoms with Crippen molar-refractivity contribution in [3.05, 3.63) is 58.1 Å². The van der Waals surface area contributed by atoms with E-state index in [1.54, 1.807) is 25.1 Å². The Morgan fingerprint density at radius 2 is 1.81 bits per heavy atom. The quantitative estimate of drug-likeness (QED) is 0.836. The molecule has 0 bridgehead atoms. The van der Waals surface area contributed by atoms with Crippen molar-refractivity contribution in [3.63, 3.8) is 0 Å². The third-order valence-electron chi connectivity index (χ3n) is 3.10. The molecular weight excluding hydrogens is 303 g/mol. The van der Waals surface area contributed by atoms with Crippen molar-refractivity contribution in [2.24, 2.45) is 0 Å². The van der Waals surface area contributed by atoms with Gasteiger partial charge in [0.1, 0.15) is 5.75 Å². The summed E-state index contributed by atoms with van der Waals surface area (Å²) in [6.45, 7) is 1.76. The number of phenols is 1. The first kappa shape index (κ1) is 15.5. The Kier molecular flexibility index (Phi) is 4.32. The summed E-state index contributed by atoms with van der Waals surface area (Å²) in [6, 6.07) is 8.68. The highest BCUT2D eigenvalue weighted by atomic mass is 35.5. The van der Waals surface area contributed by atoms with E-state index in [9.17, 15) is 18.3 Å². The molecule has 2 N–H and O–H groups in total. The number of para-hydroxylation sites is 2. The lowest BCUT2D eigenvalue weighted by Gasteiger charge is -2.16. The molecule has 0 aromatic heterocycles. The molecular formula is C15H13ClF3NO. The number of nitrogens with one attached hydrogen (secondary N) is 1. The average Bonchev–Trinajstić information content (AvgIpc) is 2.40. The van der Waals surface area contributed by atoms with Crippen LogP contribution in [0.25, 0.3) is 0 Å². The van der Waals surface area contributed by atoms with Crippen molar-refractivity contribution in [1.82, 2.24) is 0 Å². The van der Waals surface area contributed by atoms with Crippen LogP contribution < -0.4 is 5.32 Å². The van der Waals surface area contributed by atoms with Crippen LogP contribution in [0.5, 0.6) is 5.75 Å². The molecule has 0 aliphatic heterocycles. The Morgan fingerprint density at radius 3 is 2.48 bits per heavy atom. The molecule has 0 aliphatic carbocycles. The van der Waals surface area contributed by atoms with Crippen molar-refractivity contribution in [3.8, 4) is 5.75 Å². The van der Waals surface area contributed by atoms with Crippen molar-refractivity contribution in [1.29, 1.82) is 0 Å². The topological polar surface area (TPSA) is 32.3 Å². The van der Waals surface area contributed by atoms with Gasteiger partial charge in [0.05, 0.1) is 16.3 Å². The molecule has 2 nitrogen and oxygen atoms in total. The van der Waals surface area contributed by atoms with E-state index in [2.05, 4.69) is 5.32 Å². The molecule has 2 aromatic carbocycles. The monoisotopic (exact) mass is 315 g/mol. The van der Waals surface area contributed by atoms with Crippen molar-refractivity contribution < 1.29 is 18.3 Å². The number of hydrogen-bond acceptors (Lipinski definition) is 2. The third-order valence-corrected chi connectivity index (χ3v) is 3.41. The fourth-order valence-corrected chi connectivity index (χ4v) is 2.23. The van der Waals surface area contributed by atoms with Crippen LogP contribution in [0.1, 0.15) is 16.7 Å². The van der Waals surface area contributed by atoms with Gasteiger partial charge >= 0.3 is 6.18 Å². The molecule has 0 aliphatic rings. The predicted molar refractivity (Wildman–Crippen MR) is 76.6 cm³/mol. The predicted octanol–water partition coefficient (Wildman–Crippen LogP) is 4.98. The van der Waals surface area contributed by atoms with Crippen LogP contribution in [0.15, 0.2) is 36.4 Å². The van der Waals surface area contributed by atoms with Crippen LogP contribution in [-0.4, -0.2) is 5.11 Å². The van der Waals surface area contributed by atoms with Gasteiger partial charge in [-0.2, -0.15) is 13.2 Å². The van der Waals surface area contributed by atoms with E-state index in [1.807, 2.05) is 0 Å². The Morgan fingerprint density at radius 1 is 1.14 bits per heavy atom. The summed E-state index contributed by atoms with van der Waals surface area (Å²) in [5.41, 5.74) is 0.141. The number of halogens is 4. The lowest BCUT2D eigenvalue weighted by atomic mass is 10.1. The largest absolute Gasteiger partial charge is 0.507 e. The Balaban J connectivity index is 2.30. The second-order valence-electron chi connectivity index (χ2n) is 4.60. The number of aromatic hydroxyl groups is 1. The zero-order valence-electron chi connectivity index (χ0n) is 11.1. The number of aryl methyl sites for hydroxylation is 1. The van der Waals surface area contributed by atoms with Gasteiger partial charge in [-0.3, -0.25) is 0 Å². The minimum Gasteiger partial charge on any atom is -0.507 e. The molecule has 0 atom stereocenters. The van der Waals surface area contributed by atoms with Gasteiger partial charge in [0, 0.05) is 12.1 Å². The number of alkyl halides is 3. The third kappa shape index (κ3) is 3.42. The molecule has 0 fully saturated rings. The molecule has 2 aromatic rings. The average molecular weight is 316 g/mol. The van der Waals surface area contributed by atoms with Gasteiger partial charge in [-0.1, -0.05) is 35.9 Å². The molecule has 0 saturated carbocycles. The lowest BCUT2D eigenvalue weighted by molar-refractivity contribution is -0.136. The van der Waals surface area contributed by atoms with Crippen LogP contribution in [0.2, 0.25) is 5.02 Å². The molecule has 0 heterocycles. The number of hydrogen-bond donors (Lipinski definition) is 2. The summed E-state index contributed by atoms with van der Waals surface area (Å²) in [7, 11) is 0. The molecule has 21 heavy (non-hydrogen) atoms. The van der Waals surface area contributed by atoms with Gasteiger partial charge in [-0.25, -0.2) is 0 Å². The summed E-state index contributed by atoms with van der Waals surface area (Å²) in [5.74, 6) is 0.0608. The van der Waals surface area contributed by atoms with E-state index >= 15 is 0 Å². The summed E-state index contributed by atoms with van der Waals surface area (Å²) >= 11 is 5.85.